The number of likely N-dealkylation sites (N-methyl/N-ethyl adjacent to an activating group) is 1. The van der Waals surface area contributed by atoms with Gasteiger partial charge in [-0.05, 0) is 14.1 Å². The van der Waals surface area contributed by atoms with Crippen LogP contribution in [-0.2, 0) is 6.42 Å². The summed E-state index contributed by atoms with van der Waals surface area (Å²) in [6, 6.07) is 0. The summed E-state index contributed by atoms with van der Waals surface area (Å²) in [6.07, 6.45) is 0.813. The number of rotatable bonds is 5. The van der Waals surface area contributed by atoms with Gasteiger partial charge < -0.3 is 15.2 Å². The maximum atomic E-state index is 5.50. The van der Waals surface area contributed by atoms with Crippen LogP contribution in [0.3, 0.4) is 0 Å². The van der Waals surface area contributed by atoms with Gasteiger partial charge in [0.05, 0.1) is 0 Å². The first-order valence-corrected chi connectivity index (χ1v) is 4.80. The highest BCUT2D eigenvalue weighted by Crippen LogP contribution is 2.10. The first-order valence-electron chi connectivity index (χ1n) is 4.80. The Morgan fingerprint density at radius 1 is 1.50 bits per heavy atom. The highest BCUT2D eigenvalue weighted by Gasteiger charge is 2.12. The van der Waals surface area contributed by atoms with Crippen LogP contribution in [0.2, 0.25) is 0 Å². The van der Waals surface area contributed by atoms with E-state index >= 15 is 0 Å². The Morgan fingerprint density at radius 2 is 2.21 bits per heavy atom. The summed E-state index contributed by atoms with van der Waals surface area (Å²) in [7, 11) is 4.03. The number of nitrogens with zero attached hydrogens (tertiary/aromatic N) is 3. The Hall–Kier alpha value is -0.940. The lowest BCUT2D eigenvalue weighted by atomic mass is 10.2. The van der Waals surface area contributed by atoms with Gasteiger partial charge in [0.25, 0.3) is 0 Å². The van der Waals surface area contributed by atoms with Gasteiger partial charge in [0, 0.05) is 25.4 Å². The molecule has 2 N–H and O–H groups in total. The SMILES string of the molecule is CC(CN)c1nc(CCN(C)C)no1. The maximum Gasteiger partial charge on any atom is 0.230 e. The van der Waals surface area contributed by atoms with Gasteiger partial charge in [-0.2, -0.15) is 4.98 Å². The average Bonchev–Trinajstić information content (AvgIpc) is 2.62. The average molecular weight is 198 g/mol. The van der Waals surface area contributed by atoms with Gasteiger partial charge in [0.15, 0.2) is 5.82 Å². The van der Waals surface area contributed by atoms with Crippen LogP contribution in [0.25, 0.3) is 0 Å². The molecule has 0 bridgehead atoms. The zero-order valence-electron chi connectivity index (χ0n) is 9.03. The van der Waals surface area contributed by atoms with Crippen LogP contribution >= 0.6 is 0 Å². The first kappa shape index (κ1) is 11.1. The van der Waals surface area contributed by atoms with E-state index in [1.54, 1.807) is 0 Å². The van der Waals surface area contributed by atoms with E-state index < -0.39 is 0 Å². The van der Waals surface area contributed by atoms with Gasteiger partial charge >= 0.3 is 0 Å². The van der Waals surface area contributed by atoms with E-state index in [-0.39, 0.29) is 5.92 Å². The normalized spacial score (nSPS) is 13.5. The Bertz CT molecular complexity index is 272. The molecule has 5 heteroatoms. The van der Waals surface area contributed by atoms with Gasteiger partial charge in [-0.25, -0.2) is 0 Å². The van der Waals surface area contributed by atoms with Crippen LogP contribution in [0.4, 0.5) is 0 Å². The fourth-order valence-electron chi connectivity index (χ4n) is 0.994. The molecule has 0 fully saturated rings. The van der Waals surface area contributed by atoms with Crippen molar-refractivity contribution >= 4 is 0 Å². The summed E-state index contributed by atoms with van der Waals surface area (Å²) in [5, 5.41) is 3.89. The fraction of sp³-hybridized carbons (Fsp3) is 0.778. The molecule has 0 aliphatic heterocycles. The second-order valence-corrected chi connectivity index (χ2v) is 3.74. The first-order chi connectivity index (χ1) is 6.63. The van der Waals surface area contributed by atoms with Crippen LogP contribution in [0, 0.1) is 0 Å². The molecule has 5 nitrogen and oxygen atoms in total. The zero-order valence-corrected chi connectivity index (χ0v) is 9.03. The molecule has 0 spiro atoms. The molecule has 0 radical (unpaired) electrons. The minimum absolute atomic E-state index is 0.149. The third-order valence-corrected chi connectivity index (χ3v) is 2.04. The monoisotopic (exact) mass is 198 g/mol. The van der Waals surface area contributed by atoms with Crippen LogP contribution in [-0.4, -0.2) is 42.2 Å². The third kappa shape index (κ3) is 3.08. The molecule has 0 aliphatic carbocycles. The summed E-state index contributed by atoms with van der Waals surface area (Å²) in [4.78, 5) is 6.35. The van der Waals surface area contributed by atoms with Gasteiger partial charge in [-0.15, -0.1) is 0 Å². The molecular weight excluding hydrogens is 180 g/mol. The molecule has 0 amide bonds. The Balaban J connectivity index is 2.50. The summed E-state index contributed by atoms with van der Waals surface area (Å²) >= 11 is 0. The smallest absolute Gasteiger partial charge is 0.230 e. The minimum atomic E-state index is 0.149. The molecule has 0 aromatic carbocycles. The van der Waals surface area contributed by atoms with E-state index in [0.717, 1.165) is 18.8 Å². The van der Waals surface area contributed by atoms with E-state index in [1.165, 1.54) is 0 Å². The second kappa shape index (κ2) is 5.07. The number of nitrogens with two attached hydrogens (primary N) is 1. The molecule has 0 saturated heterocycles. The number of hydrogen-bond donors (Lipinski definition) is 1. The zero-order chi connectivity index (χ0) is 10.6. The Kier molecular flexibility index (Phi) is 4.03. The maximum absolute atomic E-state index is 5.50. The molecule has 1 rings (SSSR count). The standard InChI is InChI=1S/C9H18N4O/c1-7(6-10)9-11-8(12-14-9)4-5-13(2)3/h7H,4-6,10H2,1-3H3. The number of aromatic nitrogens is 2. The molecular formula is C9H18N4O. The highest BCUT2D eigenvalue weighted by atomic mass is 16.5. The van der Waals surface area contributed by atoms with E-state index in [4.69, 9.17) is 10.3 Å². The van der Waals surface area contributed by atoms with Crippen molar-refractivity contribution in [3.05, 3.63) is 11.7 Å². The van der Waals surface area contributed by atoms with Crippen molar-refractivity contribution in [2.45, 2.75) is 19.3 Å². The number of hydrogen-bond acceptors (Lipinski definition) is 5. The molecule has 0 aliphatic rings. The molecule has 14 heavy (non-hydrogen) atoms. The molecule has 1 aromatic rings. The fourth-order valence-corrected chi connectivity index (χ4v) is 0.994. The van der Waals surface area contributed by atoms with Crippen LogP contribution in [0.1, 0.15) is 24.6 Å². The van der Waals surface area contributed by atoms with Crippen LogP contribution in [0.5, 0.6) is 0 Å². The van der Waals surface area contributed by atoms with Crippen molar-refractivity contribution in [1.29, 1.82) is 0 Å². The molecule has 80 valence electrons. The second-order valence-electron chi connectivity index (χ2n) is 3.74. The summed E-state index contributed by atoms with van der Waals surface area (Å²) in [5.41, 5.74) is 5.50. The van der Waals surface area contributed by atoms with Crippen molar-refractivity contribution < 1.29 is 4.52 Å². The van der Waals surface area contributed by atoms with Gasteiger partial charge in [0.2, 0.25) is 5.89 Å². The predicted octanol–water partition coefficient (Wildman–Crippen LogP) is 0.236. The van der Waals surface area contributed by atoms with E-state index in [2.05, 4.69) is 15.0 Å². The van der Waals surface area contributed by atoms with Crippen LogP contribution in [0.15, 0.2) is 4.52 Å². The highest BCUT2D eigenvalue weighted by molar-refractivity contribution is 4.93. The summed E-state index contributed by atoms with van der Waals surface area (Å²) < 4.78 is 5.09. The molecule has 1 heterocycles. The van der Waals surface area contributed by atoms with Crippen molar-refractivity contribution in [2.24, 2.45) is 5.73 Å². The van der Waals surface area contributed by atoms with Crippen molar-refractivity contribution in [3.8, 4) is 0 Å². The largest absolute Gasteiger partial charge is 0.339 e. The molecule has 1 unspecified atom stereocenters. The van der Waals surface area contributed by atoms with E-state index in [9.17, 15) is 0 Å². The van der Waals surface area contributed by atoms with Crippen molar-refractivity contribution in [1.82, 2.24) is 15.0 Å². The summed E-state index contributed by atoms with van der Waals surface area (Å²) in [5.74, 6) is 1.55. The quantitative estimate of drug-likeness (QED) is 0.733. The van der Waals surface area contributed by atoms with Crippen LogP contribution < -0.4 is 5.73 Å². The van der Waals surface area contributed by atoms with Crippen molar-refractivity contribution in [2.75, 3.05) is 27.2 Å². The Labute approximate surface area is 84.3 Å². The lowest BCUT2D eigenvalue weighted by Crippen LogP contribution is -2.15. The van der Waals surface area contributed by atoms with Gasteiger partial charge in [-0.3, -0.25) is 0 Å². The third-order valence-electron chi connectivity index (χ3n) is 2.04. The van der Waals surface area contributed by atoms with Gasteiger partial charge in [-0.1, -0.05) is 12.1 Å². The predicted molar refractivity (Wildman–Crippen MR) is 54.0 cm³/mol. The van der Waals surface area contributed by atoms with Gasteiger partial charge in [0.1, 0.15) is 0 Å². The lowest BCUT2D eigenvalue weighted by molar-refractivity contribution is 0.352. The lowest BCUT2D eigenvalue weighted by Gasteiger charge is -2.05. The van der Waals surface area contributed by atoms with Crippen molar-refractivity contribution in [3.63, 3.8) is 0 Å². The molecule has 1 aromatic heterocycles. The Morgan fingerprint density at radius 3 is 2.79 bits per heavy atom. The van der Waals surface area contributed by atoms with E-state index in [1.807, 2.05) is 21.0 Å². The molecule has 0 saturated carbocycles. The molecule has 1 atom stereocenters. The van der Waals surface area contributed by atoms with E-state index in [0.29, 0.717) is 12.4 Å². The topological polar surface area (TPSA) is 68.2 Å². The summed E-state index contributed by atoms with van der Waals surface area (Å²) in [6.45, 7) is 3.44. The minimum Gasteiger partial charge on any atom is -0.339 e.